The lowest BCUT2D eigenvalue weighted by atomic mass is 10.1. The lowest BCUT2D eigenvalue weighted by Crippen LogP contribution is -2.25. The Bertz CT molecular complexity index is 713. The van der Waals surface area contributed by atoms with E-state index in [1.54, 1.807) is 21.3 Å². The van der Waals surface area contributed by atoms with E-state index < -0.39 is 0 Å². The minimum absolute atomic E-state index is 0.0614. The summed E-state index contributed by atoms with van der Waals surface area (Å²) >= 11 is 0. The molecule has 128 valence electrons. The molecule has 0 saturated heterocycles. The molecular weight excluding hydrogens is 306 g/mol. The van der Waals surface area contributed by atoms with Crippen LogP contribution in [-0.4, -0.2) is 27.2 Å². The molecule has 0 aliphatic carbocycles. The van der Waals surface area contributed by atoms with E-state index >= 15 is 0 Å². The molecule has 5 nitrogen and oxygen atoms in total. The molecule has 1 N–H and O–H groups in total. The normalized spacial score (nSPS) is 10.2. The van der Waals surface area contributed by atoms with Crippen molar-refractivity contribution >= 4 is 5.91 Å². The molecule has 2 aromatic carbocycles. The van der Waals surface area contributed by atoms with Crippen LogP contribution in [0, 0.1) is 6.92 Å². The molecule has 0 spiro atoms. The van der Waals surface area contributed by atoms with Crippen molar-refractivity contribution in [3.05, 3.63) is 53.1 Å². The minimum atomic E-state index is -0.0614. The van der Waals surface area contributed by atoms with Gasteiger partial charge in [-0.25, -0.2) is 0 Å². The lowest BCUT2D eigenvalue weighted by molar-refractivity contribution is -0.120. The average Bonchev–Trinajstić information content (AvgIpc) is 2.60. The number of aryl methyl sites for hydroxylation is 1. The first-order valence-electron chi connectivity index (χ1n) is 7.69. The molecule has 0 aliphatic rings. The maximum absolute atomic E-state index is 12.2. The summed E-state index contributed by atoms with van der Waals surface area (Å²) in [5.74, 6) is 1.99. The molecule has 0 aliphatic heterocycles. The van der Waals surface area contributed by atoms with Gasteiger partial charge in [0.1, 0.15) is 5.75 Å². The average molecular weight is 329 g/mol. The second kappa shape index (κ2) is 8.24. The standard InChI is InChI=1S/C19H23NO4/c1-13-9-17(23-3)18(24-4)10-15(13)12-20-19(21)11-14-7-5-6-8-16(14)22-2/h5-10H,11-12H2,1-4H3,(H,20,21). The third-order valence-electron chi connectivity index (χ3n) is 3.86. The van der Waals surface area contributed by atoms with Gasteiger partial charge < -0.3 is 19.5 Å². The minimum Gasteiger partial charge on any atom is -0.496 e. The van der Waals surface area contributed by atoms with Gasteiger partial charge in [0.15, 0.2) is 11.5 Å². The fourth-order valence-corrected chi connectivity index (χ4v) is 2.49. The zero-order valence-electron chi connectivity index (χ0n) is 14.5. The molecule has 24 heavy (non-hydrogen) atoms. The molecule has 0 fully saturated rings. The van der Waals surface area contributed by atoms with Crippen LogP contribution in [0.3, 0.4) is 0 Å². The van der Waals surface area contributed by atoms with Crippen LogP contribution in [0.4, 0.5) is 0 Å². The monoisotopic (exact) mass is 329 g/mol. The van der Waals surface area contributed by atoms with E-state index in [0.29, 0.717) is 18.0 Å². The third kappa shape index (κ3) is 4.19. The maximum Gasteiger partial charge on any atom is 0.224 e. The summed E-state index contributed by atoms with van der Waals surface area (Å²) in [6.07, 6.45) is 0.274. The van der Waals surface area contributed by atoms with Gasteiger partial charge in [-0.05, 0) is 36.2 Å². The van der Waals surface area contributed by atoms with Crippen molar-refractivity contribution in [2.45, 2.75) is 19.9 Å². The van der Waals surface area contributed by atoms with Crippen LogP contribution in [0.15, 0.2) is 36.4 Å². The zero-order chi connectivity index (χ0) is 17.5. The predicted octanol–water partition coefficient (Wildman–Crippen LogP) is 2.88. The first-order chi connectivity index (χ1) is 11.6. The van der Waals surface area contributed by atoms with Crippen LogP contribution in [0.2, 0.25) is 0 Å². The quantitative estimate of drug-likeness (QED) is 0.848. The number of para-hydroxylation sites is 1. The second-order valence-electron chi connectivity index (χ2n) is 5.40. The van der Waals surface area contributed by atoms with Gasteiger partial charge in [-0.15, -0.1) is 0 Å². The Labute approximate surface area is 142 Å². The first kappa shape index (κ1) is 17.7. The van der Waals surface area contributed by atoms with Crippen LogP contribution >= 0.6 is 0 Å². The number of carbonyl (C=O) groups is 1. The molecule has 1 amide bonds. The van der Waals surface area contributed by atoms with Crippen molar-refractivity contribution in [2.75, 3.05) is 21.3 Å². The first-order valence-corrected chi connectivity index (χ1v) is 7.69. The van der Waals surface area contributed by atoms with Gasteiger partial charge in [0.25, 0.3) is 0 Å². The van der Waals surface area contributed by atoms with Crippen LogP contribution < -0.4 is 19.5 Å². The maximum atomic E-state index is 12.2. The number of amides is 1. The number of hydrogen-bond donors (Lipinski definition) is 1. The molecule has 2 aromatic rings. The van der Waals surface area contributed by atoms with Gasteiger partial charge in [0, 0.05) is 12.1 Å². The molecule has 0 aromatic heterocycles. The molecule has 0 radical (unpaired) electrons. The summed E-state index contributed by atoms with van der Waals surface area (Å²) in [5, 5.41) is 2.94. The molecule has 0 bridgehead atoms. The molecule has 0 unspecified atom stereocenters. The number of nitrogens with one attached hydrogen (secondary N) is 1. The number of hydrogen-bond acceptors (Lipinski definition) is 4. The van der Waals surface area contributed by atoms with Crippen LogP contribution in [0.1, 0.15) is 16.7 Å². The summed E-state index contributed by atoms with van der Waals surface area (Å²) in [6, 6.07) is 11.3. The fraction of sp³-hybridized carbons (Fsp3) is 0.316. The molecular formula is C19H23NO4. The van der Waals surface area contributed by atoms with E-state index in [1.165, 1.54) is 0 Å². The van der Waals surface area contributed by atoms with E-state index in [9.17, 15) is 4.79 Å². The molecule has 2 rings (SSSR count). The smallest absolute Gasteiger partial charge is 0.224 e. The number of rotatable bonds is 7. The number of benzene rings is 2. The van der Waals surface area contributed by atoms with Crippen molar-refractivity contribution in [3.63, 3.8) is 0 Å². The molecule has 5 heteroatoms. The zero-order valence-corrected chi connectivity index (χ0v) is 14.5. The van der Waals surface area contributed by atoms with E-state index in [-0.39, 0.29) is 12.3 Å². The van der Waals surface area contributed by atoms with Gasteiger partial charge >= 0.3 is 0 Å². The highest BCUT2D eigenvalue weighted by atomic mass is 16.5. The lowest BCUT2D eigenvalue weighted by Gasteiger charge is -2.14. The summed E-state index contributed by atoms with van der Waals surface area (Å²) in [7, 11) is 4.80. The highest BCUT2D eigenvalue weighted by Crippen LogP contribution is 2.30. The van der Waals surface area contributed by atoms with Gasteiger partial charge in [-0.2, -0.15) is 0 Å². The van der Waals surface area contributed by atoms with Gasteiger partial charge in [0.05, 0.1) is 27.8 Å². The highest BCUT2D eigenvalue weighted by Gasteiger charge is 2.11. The van der Waals surface area contributed by atoms with Gasteiger partial charge in [0.2, 0.25) is 5.91 Å². The molecule has 0 saturated carbocycles. The molecule has 0 heterocycles. The third-order valence-corrected chi connectivity index (χ3v) is 3.86. The Morgan fingerprint density at radius 3 is 2.21 bits per heavy atom. The fourth-order valence-electron chi connectivity index (χ4n) is 2.49. The summed E-state index contributed by atoms with van der Waals surface area (Å²) in [6.45, 7) is 2.41. The number of carbonyl (C=O) groups excluding carboxylic acids is 1. The molecule has 0 atom stereocenters. The van der Waals surface area contributed by atoms with Gasteiger partial charge in [-0.3, -0.25) is 4.79 Å². The topological polar surface area (TPSA) is 56.8 Å². The summed E-state index contributed by atoms with van der Waals surface area (Å²) in [5.41, 5.74) is 2.88. The SMILES string of the molecule is COc1ccccc1CC(=O)NCc1cc(OC)c(OC)cc1C. The Morgan fingerprint density at radius 2 is 1.54 bits per heavy atom. The largest absolute Gasteiger partial charge is 0.496 e. The van der Waals surface area contributed by atoms with Crippen molar-refractivity contribution < 1.29 is 19.0 Å². The van der Waals surface area contributed by atoms with E-state index in [4.69, 9.17) is 14.2 Å². The van der Waals surface area contributed by atoms with Crippen LogP contribution in [-0.2, 0) is 17.8 Å². The van der Waals surface area contributed by atoms with Crippen molar-refractivity contribution in [1.29, 1.82) is 0 Å². The van der Waals surface area contributed by atoms with Crippen LogP contribution in [0.25, 0.3) is 0 Å². The van der Waals surface area contributed by atoms with E-state index in [2.05, 4.69) is 5.32 Å². The second-order valence-corrected chi connectivity index (χ2v) is 5.40. The summed E-state index contributed by atoms with van der Waals surface area (Å²) < 4.78 is 15.9. The van der Waals surface area contributed by atoms with Crippen molar-refractivity contribution in [1.82, 2.24) is 5.32 Å². The number of methoxy groups -OCH3 is 3. The summed E-state index contributed by atoms with van der Waals surface area (Å²) in [4.78, 5) is 12.2. The van der Waals surface area contributed by atoms with Crippen molar-refractivity contribution in [3.8, 4) is 17.2 Å². The van der Waals surface area contributed by atoms with Gasteiger partial charge in [-0.1, -0.05) is 18.2 Å². The van der Waals surface area contributed by atoms with E-state index in [1.807, 2.05) is 43.3 Å². The Hall–Kier alpha value is -2.69. The Morgan fingerprint density at radius 1 is 0.917 bits per heavy atom. The predicted molar refractivity (Wildman–Crippen MR) is 92.8 cm³/mol. The van der Waals surface area contributed by atoms with Crippen LogP contribution in [0.5, 0.6) is 17.2 Å². The highest BCUT2D eigenvalue weighted by molar-refractivity contribution is 5.79. The van der Waals surface area contributed by atoms with E-state index in [0.717, 1.165) is 22.4 Å². The number of ether oxygens (including phenoxy) is 3. The Kier molecular flexibility index (Phi) is 6.07. The Balaban J connectivity index is 2.04. The van der Waals surface area contributed by atoms with Crippen molar-refractivity contribution in [2.24, 2.45) is 0 Å².